The van der Waals surface area contributed by atoms with Crippen molar-refractivity contribution < 1.29 is 9.53 Å². The fraction of sp³-hybridized carbons (Fsp3) is 0.462. The number of hydrogen-bond donors (Lipinski definition) is 2. The Hall–Kier alpha value is -1.07. The second-order valence-electron chi connectivity index (χ2n) is 4.06. The molecule has 3 N–H and O–H groups in total. The van der Waals surface area contributed by atoms with Crippen molar-refractivity contribution in [2.75, 3.05) is 19.0 Å². The molecule has 18 heavy (non-hydrogen) atoms. The Morgan fingerprint density at radius 1 is 1.56 bits per heavy atom. The first-order valence-electron chi connectivity index (χ1n) is 5.96. The number of ether oxygens (including phenoxy) is 1. The van der Waals surface area contributed by atoms with Crippen LogP contribution < -0.4 is 15.8 Å². The summed E-state index contributed by atoms with van der Waals surface area (Å²) < 4.78 is 5.94. The van der Waals surface area contributed by atoms with Crippen LogP contribution in [0.3, 0.4) is 0 Å². The van der Waals surface area contributed by atoms with Gasteiger partial charge in [0.25, 0.3) is 0 Å². The molecule has 0 saturated heterocycles. The molecule has 0 aliphatic heterocycles. The Bertz CT molecular complexity index is 410. The Morgan fingerprint density at radius 2 is 2.28 bits per heavy atom. The third kappa shape index (κ3) is 3.99. The van der Waals surface area contributed by atoms with E-state index in [1.807, 2.05) is 13.0 Å². The molecule has 1 aromatic carbocycles. The van der Waals surface area contributed by atoms with Gasteiger partial charge in [-0.15, -0.1) is 0 Å². The molecule has 5 heteroatoms. The number of methoxy groups -OCH3 is 1. The van der Waals surface area contributed by atoms with Crippen LogP contribution in [0.15, 0.2) is 22.7 Å². The molecule has 0 bridgehead atoms. The lowest BCUT2D eigenvalue weighted by Gasteiger charge is -2.14. The van der Waals surface area contributed by atoms with Crippen LogP contribution in [0.5, 0.6) is 5.75 Å². The van der Waals surface area contributed by atoms with Gasteiger partial charge in [-0.1, -0.05) is 13.3 Å². The normalized spacial score (nSPS) is 12.0. The highest BCUT2D eigenvalue weighted by molar-refractivity contribution is 9.10. The molecule has 0 fully saturated rings. The van der Waals surface area contributed by atoms with Crippen LogP contribution in [0.1, 0.15) is 19.8 Å². The van der Waals surface area contributed by atoms with Gasteiger partial charge in [0.15, 0.2) is 0 Å². The van der Waals surface area contributed by atoms with E-state index in [0.29, 0.717) is 6.54 Å². The standard InChI is InChI=1S/C13H19BrN2O2/c1-3-4-9(8-15)13(17)16-10-5-6-12(18-2)11(14)7-10/h5-7,9H,3-4,8,15H2,1-2H3,(H,16,17). The molecule has 0 aliphatic rings. The number of hydrogen-bond acceptors (Lipinski definition) is 3. The summed E-state index contributed by atoms with van der Waals surface area (Å²) in [6.45, 7) is 2.41. The SMILES string of the molecule is CCCC(CN)C(=O)Nc1ccc(OC)c(Br)c1. The largest absolute Gasteiger partial charge is 0.496 e. The van der Waals surface area contributed by atoms with E-state index in [2.05, 4.69) is 21.2 Å². The minimum atomic E-state index is -0.129. The molecule has 0 aromatic heterocycles. The number of amides is 1. The molecule has 4 nitrogen and oxygen atoms in total. The van der Waals surface area contributed by atoms with Gasteiger partial charge in [-0.05, 0) is 40.5 Å². The second-order valence-corrected chi connectivity index (χ2v) is 4.91. The predicted octanol–water partition coefficient (Wildman–Crippen LogP) is 2.77. The van der Waals surface area contributed by atoms with Crippen molar-refractivity contribution in [1.29, 1.82) is 0 Å². The Morgan fingerprint density at radius 3 is 2.78 bits per heavy atom. The Balaban J connectivity index is 2.72. The van der Waals surface area contributed by atoms with Crippen molar-refractivity contribution in [3.63, 3.8) is 0 Å². The van der Waals surface area contributed by atoms with Crippen LogP contribution in [-0.2, 0) is 4.79 Å². The number of nitrogens with two attached hydrogens (primary N) is 1. The average molecular weight is 315 g/mol. The molecule has 1 unspecified atom stereocenters. The topological polar surface area (TPSA) is 64.4 Å². The van der Waals surface area contributed by atoms with Gasteiger partial charge in [-0.25, -0.2) is 0 Å². The number of carbonyl (C=O) groups excluding carboxylic acids is 1. The highest BCUT2D eigenvalue weighted by atomic mass is 79.9. The first-order chi connectivity index (χ1) is 8.62. The zero-order chi connectivity index (χ0) is 13.5. The van der Waals surface area contributed by atoms with Crippen LogP contribution in [0, 0.1) is 5.92 Å². The molecule has 0 heterocycles. The predicted molar refractivity (Wildman–Crippen MR) is 76.8 cm³/mol. The summed E-state index contributed by atoms with van der Waals surface area (Å²) in [7, 11) is 1.60. The van der Waals surface area contributed by atoms with Gasteiger partial charge in [0, 0.05) is 12.2 Å². The molecule has 0 saturated carbocycles. The summed E-state index contributed by atoms with van der Waals surface area (Å²) in [5.41, 5.74) is 6.34. The minimum absolute atomic E-state index is 0.0311. The van der Waals surface area contributed by atoms with Crippen LogP contribution in [0.4, 0.5) is 5.69 Å². The average Bonchev–Trinajstić information content (AvgIpc) is 2.36. The summed E-state index contributed by atoms with van der Waals surface area (Å²) in [6.07, 6.45) is 1.75. The molecule has 1 rings (SSSR count). The molecule has 1 amide bonds. The van der Waals surface area contributed by atoms with E-state index >= 15 is 0 Å². The van der Waals surface area contributed by atoms with E-state index in [-0.39, 0.29) is 11.8 Å². The highest BCUT2D eigenvalue weighted by Crippen LogP contribution is 2.27. The van der Waals surface area contributed by atoms with Crippen molar-refractivity contribution in [3.8, 4) is 5.75 Å². The van der Waals surface area contributed by atoms with Crippen molar-refractivity contribution in [1.82, 2.24) is 0 Å². The summed E-state index contributed by atoms with van der Waals surface area (Å²) in [5.74, 6) is 0.573. The van der Waals surface area contributed by atoms with Crippen LogP contribution in [0.2, 0.25) is 0 Å². The summed E-state index contributed by atoms with van der Waals surface area (Å²) >= 11 is 3.38. The van der Waals surface area contributed by atoms with Gasteiger partial charge in [0.1, 0.15) is 5.75 Å². The number of carbonyl (C=O) groups is 1. The first kappa shape index (κ1) is 15.0. The van der Waals surface area contributed by atoms with Gasteiger partial charge in [-0.2, -0.15) is 0 Å². The zero-order valence-corrected chi connectivity index (χ0v) is 12.3. The fourth-order valence-corrected chi connectivity index (χ4v) is 2.23. The molecule has 0 radical (unpaired) electrons. The molecule has 100 valence electrons. The highest BCUT2D eigenvalue weighted by Gasteiger charge is 2.16. The van der Waals surface area contributed by atoms with Gasteiger partial charge in [0.2, 0.25) is 5.91 Å². The summed E-state index contributed by atoms with van der Waals surface area (Å²) in [4.78, 5) is 12.0. The molecule has 1 aromatic rings. The van der Waals surface area contributed by atoms with Gasteiger partial charge in [-0.3, -0.25) is 4.79 Å². The number of benzene rings is 1. The Kier molecular flexibility index (Phi) is 6.15. The van der Waals surface area contributed by atoms with E-state index in [9.17, 15) is 4.79 Å². The van der Waals surface area contributed by atoms with E-state index in [0.717, 1.165) is 28.8 Å². The summed E-state index contributed by atoms with van der Waals surface area (Å²) in [6, 6.07) is 5.42. The second kappa shape index (κ2) is 7.38. The lowest BCUT2D eigenvalue weighted by atomic mass is 10.0. The molecule has 0 aliphatic carbocycles. The van der Waals surface area contributed by atoms with Crippen molar-refractivity contribution in [2.24, 2.45) is 11.7 Å². The molecular weight excluding hydrogens is 296 g/mol. The fourth-order valence-electron chi connectivity index (χ4n) is 1.69. The third-order valence-corrected chi connectivity index (χ3v) is 3.33. The maximum atomic E-state index is 12.0. The smallest absolute Gasteiger partial charge is 0.228 e. The van der Waals surface area contributed by atoms with E-state index in [4.69, 9.17) is 10.5 Å². The Labute approximate surface area is 116 Å². The van der Waals surface area contributed by atoms with Crippen molar-refractivity contribution in [3.05, 3.63) is 22.7 Å². The van der Waals surface area contributed by atoms with Crippen LogP contribution in [0.25, 0.3) is 0 Å². The maximum Gasteiger partial charge on any atom is 0.228 e. The molecule has 0 spiro atoms. The van der Waals surface area contributed by atoms with Gasteiger partial charge < -0.3 is 15.8 Å². The minimum Gasteiger partial charge on any atom is -0.496 e. The van der Waals surface area contributed by atoms with E-state index in [1.165, 1.54) is 0 Å². The maximum absolute atomic E-state index is 12.0. The zero-order valence-electron chi connectivity index (χ0n) is 10.7. The number of nitrogens with one attached hydrogen (secondary N) is 1. The molecule has 1 atom stereocenters. The number of rotatable bonds is 6. The number of anilines is 1. The molecular formula is C13H19BrN2O2. The van der Waals surface area contributed by atoms with Crippen molar-refractivity contribution >= 4 is 27.5 Å². The van der Waals surface area contributed by atoms with Crippen LogP contribution >= 0.6 is 15.9 Å². The lowest BCUT2D eigenvalue weighted by Crippen LogP contribution is -2.29. The first-order valence-corrected chi connectivity index (χ1v) is 6.76. The third-order valence-electron chi connectivity index (χ3n) is 2.71. The van der Waals surface area contributed by atoms with E-state index in [1.54, 1.807) is 19.2 Å². The van der Waals surface area contributed by atoms with Crippen molar-refractivity contribution in [2.45, 2.75) is 19.8 Å². The number of halogens is 1. The van der Waals surface area contributed by atoms with Gasteiger partial charge in [0.05, 0.1) is 17.5 Å². The van der Waals surface area contributed by atoms with E-state index < -0.39 is 0 Å². The van der Waals surface area contributed by atoms with Crippen LogP contribution in [-0.4, -0.2) is 19.6 Å². The monoisotopic (exact) mass is 314 g/mol. The van der Waals surface area contributed by atoms with Gasteiger partial charge >= 0.3 is 0 Å². The summed E-state index contributed by atoms with van der Waals surface area (Å²) in [5, 5.41) is 2.87. The lowest BCUT2D eigenvalue weighted by molar-refractivity contribution is -0.119. The quantitative estimate of drug-likeness (QED) is 0.848.